The first-order valence-corrected chi connectivity index (χ1v) is 5.67. The minimum Gasteiger partial charge on any atom is -0.244 e. The maximum atomic E-state index is 13.8. The molecule has 2 rings (SSSR count). The molecule has 0 saturated heterocycles. The topological polar surface area (TPSA) is 25.8 Å². The lowest BCUT2D eigenvalue weighted by Crippen LogP contribution is -2.19. The predicted octanol–water partition coefficient (Wildman–Crippen LogP) is 3.90. The van der Waals surface area contributed by atoms with Gasteiger partial charge in [-0.25, -0.2) is 18.7 Å². The molecule has 0 radical (unpaired) electrons. The lowest BCUT2D eigenvalue weighted by molar-refractivity contribution is 0.0853. The maximum absolute atomic E-state index is 13.8. The van der Waals surface area contributed by atoms with Gasteiger partial charge in [0.1, 0.15) is 12.0 Å². The van der Waals surface area contributed by atoms with E-state index in [1.165, 1.54) is 20.2 Å². The van der Waals surface area contributed by atoms with E-state index in [-0.39, 0.29) is 0 Å². The fourth-order valence-electron chi connectivity index (χ4n) is 1.69. The van der Waals surface area contributed by atoms with Crippen LogP contribution in [0, 0.1) is 0 Å². The number of hydrogen-bond acceptors (Lipinski definition) is 2. The molecule has 0 aliphatic heterocycles. The van der Waals surface area contributed by atoms with Crippen molar-refractivity contribution in [2.45, 2.75) is 25.7 Å². The number of rotatable bonds is 3. The fourth-order valence-corrected chi connectivity index (χ4v) is 1.69. The van der Waals surface area contributed by atoms with Crippen molar-refractivity contribution in [2.24, 2.45) is 0 Å². The van der Waals surface area contributed by atoms with Gasteiger partial charge in [0.2, 0.25) is 0 Å². The molecule has 4 heteroatoms. The molecule has 0 aliphatic rings. The lowest BCUT2D eigenvalue weighted by Gasteiger charge is -2.20. The summed E-state index contributed by atoms with van der Waals surface area (Å²) in [6.07, 6.45) is 3.17. The molecule has 1 heterocycles. The first-order chi connectivity index (χ1) is 8.48. The van der Waals surface area contributed by atoms with Gasteiger partial charge in [-0.05, 0) is 25.0 Å². The summed E-state index contributed by atoms with van der Waals surface area (Å²) in [7, 11) is 0. The number of benzene rings is 1. The fraction of sp³-hybridized carbons (Fsp3) is 0.286. The van der Waals surface area contributed by atoms with Crippen LogP contribution in [0.15, 0.2) is 43.0 Å². The second kappa shape index (κ2) is 4.80. The van der Waals surface area contributed by atoms with Gasteiger partial charge in [0.25, 0.3) is 0 Å². The molecule has 0 spiro atoms. The van der Waals surface area contributed by atoms with Gasteiger partial charge in [0, 0.05) is 18.0 Å². The van der Waals surface area contributed by atoms with Crippen LogP contribution in [0.1, 0.15) is 25.6 Å². The molecular weight excluding hydrogens is 234 g/mol. The molecule has 1 unspecified atom stereocenters. The summed E-state index contributed by atoms with van der Waals surface area (Å²) in [5.74, 6) is 0. The van der Waals surface area contributed by atoms with Gasteiger partial charge in [-0.15, -0.1) is 0 Å². The van der Waals surface area contributed by atoms with E-state index < -0.39 is 11.8 Å². The normalized spacial score (nSPS) is 13.3. The molecule has 0 aliphatic carbocycles. The Morgan fingerprint density at radius 3 is 2.06 bits per heavy atom. The van der Waals surface area contributed by atoms with Crippen molar-refractivity contribution in [1.29, 1.82) is 0 Å². The first-order valence-electron chi connectivity index (χ1n) is 5.67. The zero-order chi connectivity index (χ0) is 13.2. The average Bonchev–Trinajstić information content (AvgIpc) is 2.38. The number of alkyl halides is 2. The van der Waals surface area contributed by atoms with Crippen LogP contribution in [0.25, 0.3) is 11.1 Å². The molecule has 1 aromatic carbocycles. The van der Waals surface area contributed by atoms with E-state index in [9.17, 15) is 8.78 Å². The van der Waals surface area contributed by atoms with Gasteiger partial charge in [-0.3, -0.25) is 0 Å². The van der Waals surface area contributed by atoms with E-state index in [4.69, 9.17) is 0 Å². The van der Waals surface area contributed by atoms with E-state index in [1.807, 2.05) is 0 Å². The summed E-state index contributed by atoms with van der Waals surface area (Å²) in [5.41, 5.74) is 0.183. The Labute approximate surface area is 105 Å². The molecule has 2 aromatic rings. The molecule has 2 nitrogen and oxygen atoms in total. The summed E-state index contributed by atoms with van der Waals surface area (Å²) in [4.78, 5) is 7.83. The summed E-state index contributed by atoms with van der Waals surface area (Å²) < 4.78 is 27.3. The molecule has 0 amide bonds. The van der Waals surface area contributed by atoms with Gasteiger partial charge >= 0.3 is 0 Å². The van der Waals surface area contributed by atoms with E-state index in [1.54, 1.807) is 36.7 Å². The third kappa shape index (κ3) is 2.70. The van der Waals surface area contributed by atoms with Crippen molar-refractivity contribution in [2.75, 3.05) is 0 Å². The minimum absolute atomic E-state index is 0.336. The Morgan fingerprint density at radius 2 is 1.56 bits per heavy atom. The average molecular weight is 248 g/mol. The van der Waals surface area contributed by atoms with Crippen LogP contribution >= 0.6 is 0 Å². The van der Waals surface area contributed by atoms with Crippen LogP contribution in [0.3, 0.4) is 0 Å². The zero-order valence-corrected chi connectivity index (χ0v) is 10.3. The summed E-state index contributed by atoms with van der Waals surface area (Å²) in [6.45, 7) is 2.47. The van der Waals surface area contributed by atoms with Crippen molar-refractivity contribution >= 4 is 0 Å². The Morgan fingerprint density at radius 1 is 1.00 bits per heavy atom. The summed E-state index contributed by atoms with van der Waals surface area (Å²) in [5, 5.41) is 0. The molecule has 94 valence electrons. The van der Waals surface area contributed by atoms with Gasteiger partial charge < -0.3 is 0 Å². The third-order valence-electron chi connectivity index (χ3n) is 2.70. The highest BCUT2D eigenvalue weighted by molar-refractivity contribution is 5.61. The third-order valence-corrected chi connectivity index (χ3v) is 2.70. The quantitative estimate of drug-likeness (QED) is 0.823. The number of nitrogens with zero attached hydrogens (tertiary/aromatic N) is 2. The van der Waals surface area contributed by atoms with E-state index in [0.29, 0.717) is 5.56 Å². The van der Waals surface area contributed by atoms with Crippen LogP contribution in [-0.2, 0) is 0 Å². The Kier molecular flexibility index (Phi) is 3.36. The second-order valence-electron chi connectivity index (χ2n) is 4.68. The Balaban J connectivity index is 2.26. The zero-order valence-electron chi connectivity index (χ0n) is 10.3. The smallest absolute Gasteiger partial charge is 0.158 e. The van der Waals surface area contributed by atoms with Crippen molar-refractivity contribution in [1.82, 2.24) is 9.97 Å². The van der Waals surface area contributed by atoms with Crippen molar-refractivity contribution in [3.63, 3.8) is 0 Å². The summed E-state index contributed by atoms with van der Waals surface area (Å²) >= 11 is 0. The highest BCUT2D eigenvalue weighted by atomic mass is 19.2. The monoisotopic (exact) mass is 248 g/mol. The number of aromatic nitrogens is 2. The number of halogens is 2. The van der Waals surface area contributed by atoms with E-state index in [2.05, 4.69) is 9.97 Å². The lowest BCUT2D eigenvalue weighted by atomic mass is 9.96. The number of hydrogen-bond donors (Lipinski definition) is 0. The Hall–Kier alpha value is -1.84. The largest absolute Gasteiger partial charge is 0.244 e. The molecule has 0 saturated carbocycles. The van der Waals surface area contributed by atoms with Crippen LogP contribution in [-0.4, -0.2) is 15.6 Å². The standard InChI is InChI=1S/C14H14F2N2/c1-14(2,16)13(15)11-5-3-10(4-6-11)12-7-17-9-18-8-12/h3-9,13H,1-2H3. The van der Waals surface area contributed by atoms with Crippen molar-refractivity contribution in [3.05, 3.63) is 48.5 Å². The highest BCUT2D eigenvalue weighted by Gasteiger charge is 2.30. The van der Waals surface area contributed by atoms with Crippen LogP contribution in [0.4, 0.5) is 8.78 Å². The molecule has 0 fully saturated rings. The van der Waals surface area contributed by atoms with Gasteiger partial charge in [0.05, 0.1) is 0 Å². The van der Waals surface area contributed by atoms with Gasteiger partial charge in [-0.1, -0.05) is 24.3 Å². The SMILES string of the molecule is CC(C)(F)C(F)c1ccc(-c2cncnc2)cc1. The Bertz CT molecular complexity index is 504. The predicted molar refractivity (Wildman–Crippen MR) is 66.5 cm³/mol. The molecular formula is C14H14F2N2. The van der Waals surface area contributed by atoms with Crippen LogP contribution in [0.5, 0.6) is 0 Å². The van der Waals surface area contributed by atoms with Crippen LogP contribution in [0.2, 0.25) is 0 Å². The van der Waals surface area contributed by atoms with Gasteiger partial charge in [0.15, 0.2) is 6.17 Å². The maximum Gasteiger partial charge on any atom is 0.158 e. The second-order valence-corrected chi connectivity index (χ2v) is 4.68. The van der Waals surface area contributed by atoms with Crippen molar-refractivity contribution in [3.8, 4) is 11.1 Å². The molecule has 1 aromatic heterocycles. The molecule has 18 heavy (non-hydrogen) atoms. The molecule has 0 N–H and O–H groups in total. The van der Waals surface area contributed by atoms with E-state index >= 15 is 0 Å². The van der Waals surface area contributed by atoms with Crippen molar-refractivity contribution < 1.29 is 8.78 Å². The highest BCUT2D eigenvalue weighted by Crippen LogP contribution is 2.33. The van der Waals surface area contributed by atoms with Crippen LogP contribution < -0.4 is 0 Å². The van der Waals surface area contributed by atoms with Gasteiger partial charge in [-0.2, -0.15) is 0 Å². The molecule has 1 atom stereocenters. The first kappa shape index (κ1) is 12.6. The minimum atomic E-state index is -1.88. The summed E-state index contributed by atoms with van der Waals surface area (Å²) in [6, 6.07) is 6.67. The van der Waals surface area contributed by atoms with E-state index in [0.717, 1.165) is 11.1 Å². The molecule has 0 bridgehead atoms.